The van der Waals surface area contributed by atoms with Crippen LogP contribution in [0.4, 0.5) is 4.39 Å². The standard InChI is InChI=1S/C13H12ClFN2/c14-13-7-12(15)2-1-11(13)9-17-8-10-3-5-16-6-4-10/h1-7,17H,8-9H2. The van der Waals surface area contributed by atoms with Gasteiger partial charge in [0.05, 0.1) is 0 Å². The molecule has 0 saturated heterocycles. The summed E-state index contributed by atoms with van der Waals surface area (Å²) >= 11 is 5.92. The lowest BCUT2D eigenvalue weighted by Gasteiger charge is -2.06. The smallest absolute Gasteiger partial charge is 0.124 e. The van der Waals surface area contributed by atoms with Crippen molar-refractivity contribution in [1.82, 2.24) is 10.3 Å². The Bertz CT molecular complexity index is 488. The lowest BCUT2D eigenvalue weighted by Crippen LogP contribution is -2.13. The van der Waals surface area contributed by atoms with Gasteiger partial charge in [0.1, 0.15) is 5.82 Å². The highest BCUT2D eigenvalue weighted by molar-refractivity contribution is 6.31. The second-order valence-corrected chi connectivity index (χ2v) is 4.10. The highest BCUT2D eigenvalue weighted by Gasteiger charge is 2.01. The molecule has 0 fully saturated rings. The molecule has 2 rings (SSSR count). The van der Waals surface area contributed by atoms with E-state index in [0.29, 0.717) is 11.6 Å². The maximum atomic E-state index is 12.8. The van der Waals surface area contributed by atoms with E-state index in [1.165, 1.54) is 12.1 Å². The van der Waals surface area contributed by atoms with Crippen LogP contribution in [-0.4, -0.2) is 4.98 Å². The number of benzene rings is 1. The molecule has 2 aromatic rings. The normalized spacial score (nSPS) is 10.5. The topological polar surface area (TPSA) is 24.9 Å². The number of hydrogen-bond donors (Lipinski definition) is 1. The van der Waals surface area contributed by atoms with Crippen LogP contribution in [0.2, 0.25) is 5.02 Å². The molecule has 0 aliphatic heterocycles. The minimum Gasteiger partial charge on any atom is -0.309 e. The van der Waals surface area contributed by atoms with E-state index in [9.17, 15) is 4.39 Å². The lowest BCUT2D eigenvalue weighted by atomic mass is 10.2. The van der Waals surface area contributed by atoms with Gasteiger partial charge in [0.25, 0.3) is 0 Å². The molecule has 4 heteroatoms. The summed E-state index contributed by atoms with van der Waals surface area (Å²) in [6.07, 6.45) is 3.50. The second kappa shape index (κ2) is 5.75. The van der Waals surface area contributed by atoms with Gasteiger partial charge in [0.2, 0.25) is 0 Å². The number of nitrogens with one attached hydrogen (secondary N) is 1. The van der Waals surface area contributed by atoms with Crippen molar-refractivity contribution in [3.63, 3.8) is 0 Å². The third-order valence-corrected chi connectivity index (χ3v) is 2.76. The van der Waals surface area contributed by atoms with Crippen molar-refractivity contribution < 1.29 is 4.39 Å². The fourth-order valence-corrected chi connectivity index (χ4v) is 1.74. The number of rotatable bonds is 4. The second-order valence-electron chi connectivity index (χ2n) is 3.69. The van der Waals surface area contributed by atoms with Crippen LogP contribution >= 0.6 is 11.6 Å². The monoisotopic (exact) mass is 250 g/mol. The van der Waals surface area contributed by atoms with Gasteiger partial charge in [-0.3, -0.25) is 4.98 Å². The van der Waals surface area contributed by atoms with Crippen molar-refractivity contribution in [3.8, 4) is 0 Å². The van der Waals surface area contributed by atoms with Crippen molar-refractivity contribution >= 4 is 11.6 Å². The fourth-order valence-electron chi connectivity index (χ4n) is 1.51. The first-order valence-corrected chi connectivity index (χ1v) is 5.67. The molecule has 17 heavy (non-hydrogen) atoms. The lowest BCUT2D eigenvalue weighted by molar-refractivity contribution is 0.625. The van der Waals surface area contributed by atoms with E-state index in [1.807, 2.05) is 12.1 Å². The number of hydrogen-bond acceptors (Lipinski definition) is 2. The van der Waals surface area contributed by atoms with Gasteiger partial charge in [-0.25, -0.2) is 4.39 Å². The summed E-state index contributed by atoms with van der Waals surface area (Å²) in [6, 6.07) is 8.32. The number of aromatic nitrogens is 1. The van der Waals surface area contributed by atoms with E-state index in [1.54, 1.807) is 18.5 Å². The van der Waals surface area contributed by atoms with E-state index >= 15 is 0 Å². The van der Waals surface area contributed by atoms with Gasteiger partial charge in [-0.1, -0.05) is 17.7 Å². The van der Waals surface area contributed by atoms with Gasteiger partial charge < -0.3 is 5.32 Å². The Labute approximate surface area is 104 Å². The first-order chi connectivity index (χ1) is 8.25. The molecule has 1 N–H and O–H groups in total. The van der Waals surface area contributed by atoms with Crippen LogP contribution in [0.1, 0.15) is 11.1 Å². The third kappa shape index (κ3) is 3.51. The quantitative estimate of drug-likeness (QED) is 0.902. The molecule has 0 radical (unpaired) electrons. The predicted molar refractivity (Wildman–Crippen MR) is 66.2 cm³/mol. The minimum atomic E-state index is -0.312. The zero-order chi connectivity index (χ0) is 12.1. The molecule has 2 nitrogen and oxygen atoms in total. The van der Waals surface area contributed by atoms with Crippen molar-refractivity contribution in [1.29, 1.82) is 0 Å². The number of halogens is 2. The Morgan fingerprint density at radius 2 is 1.88 bits per heavy atom. The molecule has 0 atom stereocenters. The van der Waals surface area contributed by atoms with Gasteiger partial charge >= 0.3 is 0 Å². The van der Waals surface area contributed by atoms with Crippen molar-refractivity contribution in [2.24, 2.45) is 0 Å². The molecule has 88 valence electrons. The zero-order valence-electron chi connectivity index (χ0n) is 9.16. The van der Waals surface area contributed by atoms with Crippen molar-refractivity contribution in [2.45, 2.75) is 13.1 Å². The summed E-state index contributed by atoms with van der Waals surface area (Å²) in [5.74, 6) is -0.312. The van der Waals surface area contributed by atoms with Gasteiger partial charge in [0.15, 0.2) is 0 Å². The van der Waals surface area contributed by atoms with Crippen LogP contribution in [0.5, 0.6) is 0 Å². The highest BCUT2D eigenvalue weighted by atomic mass is 35.5. The molecule has 1 aromatic heterocycles. The molecular formula is C13H12ClFN2. The molecule has 0 spiro atoms. The van der Waals surface area contributed by atoms with Gasteiger partial charge in [-0.15, -0.1) is 0 Å². The van der Waals surface area contributed by atoms with Crippen LogP contribution in [0.3, 0.4) is 0 Å². The Balaban J connectivity index is 1.90. The van der Waals surface area contributed by atoms with E-state index in [2.05, 4.69) is 10.3 Å². The number of pyridine rings is 1. The van der Waals surface area contributed by atoms with E-state index in [-0.39, 0.29) is 5.82 Å². The summed E-state index contributed by atoms with van der Waals surface area (Å²) in [6.45, 7) is 1.34. The molecule has 0 bridgehead atoms. The maximum absolute atomic E-state index is 12.8. The van der Waals surface area contributed by atoms with Crippen LogP contribution < -0.4 is 5.32 Å². The summed E-state index contributed by atoms with van der Waals surface area (Å²) in [5, 5.41) is 3.69. The van der Waals surface area contributed by atoms with Crippen LogP contribution in [0, 0.1) is 5.82 Å². The first kappa shape index (κ1) is 12.0. The average Bonchev–Trinajstić information content (AvgIpc) is 2.33. The summed E-state index contributed by atoms with van der Waals surface area (Å²) in [4.78, 5) is 3.94. The molecule has 0 unspecified atom stereocenters. The Morgan fingerprint density at radius 1 is 1.12 bits per heavy atom. The molecular weight excluding hydrogens is 239 g/mol. The van der Waals surface area contributed by atoms with Crippen molar-refractivity contribution in [2.75, 3.05) is 0 Å². The first-order valence-electron chi connectivity index (χ1n) is 5.29. The SMILES string of the molecule is Fc1ccc(CNCc2ccncc2)c(Cl)c1. The Hall–Kier alpha value is -1.45. The zero-order valence-corrected chi connectivity index (χ0v) is 9.91. The predicted octanol–water partition coefficient (Wildman–Crippen LogP) is 3.16. The molecule has 1 heterocycles. The van der Waals surface area contributed by atoms with E-state index in [4.69, 9.17) is 11.6 Å². The molecule has 0 amide bonds. The average molecular weight is 251 g/mol. The minimum absolute atomic E-state index is 0.312. The maximum Gasteiger partial charge on any atom is 0.124 e. The highest BCUT2D eigenvalue weighted by Crippen LogP contribution is 2.16. The summed E-state index contributed by atoms with van der Waals surface area (Å²) in [5.41, 5.74) is 2.04. The van der Waals surface area contributed by atoms with E-state index < -0.39 is 0 Å². The third-order valence-electron chi connectivity index (χ3n) is 2.41. The van der Waals surface area contributed by atoms with Crippen LogP contribution in [-0.2, 0) is 13.1 Å². The number of nitrogens with zero attached hydrogens (tertiary/aromatic N) is 1. The summed E-state index contributed by atoms with van der Waals surface area (Å²) in [7, 11) is 0. The Morgan fingerprint density at radius 3 is 2.59 bits per heavy atom. The van der Waals surface area contributed by atoms with Gasteiger partial charge in [-0.05, 0) is 35.4 Å². The van der Waals surface area contributed by atoms with Crippen LogP contribution in [0.15, 0.2) is 42.7 Å². The molecule has 0 aliphatic rings. The fraction of sp³-hybridized carbons (Fsp3) is 0.154. The van der Waals surface area contributed by atoms with E-state index in [0.717, 1.165) is 17.7 Å². The molecule has 1 aromatic carbocycles. The molecule has 0 saturated carbocycles. The van der Waals surface area contributed by atoms with Crippen LogP contribution in [0.25, 0.3) is 0 Å². The Kier molecular flexibility index (Phi) is 4.07. The largest absolute Gasteiger partial charge is 0.309 e. The summed E-state index contributed by atoms with van der Waals surface area (Å²) < 4.78 is 12.8. The van der Waals surface area contributed by atoms with Crippen molar-refractivity contribution in [3.05, 3.63) is 64.7 Å². The molecule has 0 aliphatic carbocycles. The van der Waals surface area contributed by atoms with Gasteiger partial charge in [0, 0.05) is 30.5 Å². The van der Waals surface area contributed by atoms with Gasteiger partial charge in [-0.2, -0.15) is 0 Å².